The van der Waals surface area contributed by atoms with Crippen LogP contribution >= 0.6 is 15.9 Å². The average molecular weight is 338 g/mol. The van der Waals surface area contributed by atoms with Crippen LogP contribution in [0.5, 0.6) is 0 Å². The number of hydrogen-bond acceptors (Lipinski definition) is 3. The molecule has 0 spiro atoms. The molecular formula is C11H11BrF3N3O. The predicted octanol–water partition coefficient (Wildman–Crippen LogP) is 2.35. The lowest BCUT2D eigenvalue weighted by molar-refractivity contribution is -0.137. The lowest BCUT2D eigenvalue weighted by atomic mass is 10.1. The number of alkyl halides is 3. The fraction of sp³-hybridized carbons (Fsp3) is 0.364. The Bertz CT molecular complexity index is 519. The molecule has 104 valence electrons. The smallest absolute Gasteiger partial charge is 0.397 e. The number of carbonyl (C=O) groups is 1. The highest BCUT2D eigenvalue weighted by Crippen LogP contribution is 2.40. The van der Waals surface area contributed by atoms with Crippen LogP contribution in [-0.2, 0) is 11.0 Å². The summed E-state index contributed by atoms with van der Waals surface area (Å²) in [7, 11) is 0. The van der Waals surface area contributed by atoms with Gasteiger partial charge in [0.15, 0.2) is 0 Å². The van der Waals surface area contributed by atoms with Gasteiger partial charge in [-0.05, 0) is 12.1 Å². The summed E-state index contributed by atoms with van der Waals surface area (Å²) in [6, 6.07) is 1.96. The van der Waals surface area contributed by atoms with E-state index >= 15 is 0 Å². The van der Waals surface area contributed by atoms with Crippen molar-refractivity contribution in [2.75, 3.05) is 17.6 Å². The number of amides is 1. The summed E-state index contributed by atoms with van der Waals surface area (Å²) >= 11 is 2.99. The molecule has 8 heteroatoms. The average Bonchev–Trinajstić information content (AvgIpc) is 2.66. The summed E-state index contributed by atoms with van der Waals surface area (Å²) in [4.78, 5) is 11.1. The summed E-state index contributed by atoms with van der Waals surface area (Å²) in [6.07, 6.45) is -4.39. The molecule has 0 aliphatic carbocycles. The van der Waals surface area contributed by atoms with E-state index in [0.717, 1.165) is 6.07 Å². The molecule has 19 heavy (non-hydrogen) atoms. The highest BCUT2D eigenvalue weighted by atomic mass is 79.9. The van der Waals surface area contributed by atoms with Crippen LogP contribution in [0.2, 0.25) is 0 Å². The Morgan fingerprint density at radius 2 is 2.11 bits per heavy atom. The first kappa shape index (κ1) is 14.0. The van der Waals surface area contributed by atoms with Crippen LogP contribution in [-0.4, -0.2) is 18.5 Å². The summed E-state index contributed by atoms with van der Waals surface area (Å²) in [5.41, 5.74) is 4.59. The molecule has 1 aromatic rings. The lowest BCUT2D eigenvalue weighted by Gasteiger charge is -2.20. The number of nitrogen functional groups attached to an aromatic ring is 1. The van der Waals surface area contributed by atoms with Gasteiger partial charge in [-0.15, -0.1) is 0 Å². The quantitative estimate of drug-likeness (QED) is 0.726. The molecule has 0 saturated carbocycles. The Balaban J connectivity index is 2.35. The van der Waals surface area contributed by atoms with Crippen LogP contribution in [0.4, 0.5) is 24.5 Å². The van der Waals surface area contributed by atoms with Crippen molar-refractivity contribution < 1.29 is 18.0 Å². The van der Waals surface area contributed by atoms with Crippen molar-refractivity contribution in [3.63, 3.8) is 0 Å². The largest absolute Gasteiger partial charge is 0.418 e. The number of carbonyl (C=O) groups excluding carboxylic acids is 1. The van der Waals surface area contributed by atoms with Crippen LogP contribution in [0, 0.1) is 0 Å². The zero-order chi connectivity index (χ0) is 14.2. The molecular weight excluding hydrogens is 327 g/mol. The van der Waals surface area contributed by atoms with E-state index < -0.39 is 17.8 Å². The Hall–Kier alpha value is -1.44. The molecule has 2 rings (SSSR count). The monoisotopic (exact) mass is 337 g/mol. The molecule has 1 fully saturated rings. The lowest BCUT2D eigenvalue weighted by Crippen LogP contribution is -2.25. The minimum atomic E-state index is -4.52. The van der Waals surface area contributed by atoms with Gasteiger partial charge in [0.25, 0.3) is 0 Å². The van der Waals surface area contributed by atoms with E-state index in [1.165, 1.54) is 6.07 Å². The van der Waals surface area contributed by atoms with Crippen molar-refractivity contribution in [2.24, 2.45) is 0 Å². The van der Waals surface area contributed by atoms with Gasteiger partial charge in [-0.25, -0.2) is 0 Å². The number of halogens is 4. The van der Waals surface area contributed by atoms with Gasteiger partial charge >= 0.3 is 6.18 Å². The Morgan fingerprint density at radius 1 is 1.42 bits per heavy atom. The minimum Gasteiger partial charge on any atom is -0.397 e. The molecule has 0 aromatic heterocycles. The van der Waals surface area contributed by atoms with E-state index in [9.17, 15) is 18.0 Å². The van der Waals surface area contributed by atoms with E-state index in [4.69, 9.17) is 5.73 Å². The van der Waals surface area contributed by atoms with Gasteiger partial charge in [0.2, 0.25) is 5.91 Å². The second-order valence-electron chi connectivity index (χ2n) is 4.26. The second kappa shape index (κ2) is 4.92. The van der Waals surface area contributed by atoms with Gasteiger partial charge in [0, 0.05) is 17.4 Å². The fourth-order valence-electron chi connectivity index (χ4n) is 1.92. The van der Waals surface area contributed by atoms with E-state index in [1.54, 1.807) is 0 Å². The first-order chi connectivity index (χ1) is 8.77. The van der Waals surface area contributed by atoms with Gasteiger partial charge in [0.1, 0.15) is 0 Å². The number of anilines is 2. The maximum atomic E-state index is 13.0. The Kier molecular flexibility index (Phi) is 3.62. The third kappa shape index (κ3) is 3.12. The molecule has 1 aromatic carbocycles. The van der Waals surface area contributed by atoms with Crippen LogP contribution < -0.4 is 16.4 Å². The molecule has 1 unspecified atom stereocenters. The number of nitrogens with one attached hydrogen (secondary N) is 2. The van der Waals surface area contributed by atoms with Gasteiger partial charge in [-0.3, -0.25) is 4.79 Å². The topological polar surface area (TPSA) is 67.2 Å². The molecule has 1 aliphatic rings. The number of nitrogens with two attached hydrogens (primary N) is 1. The summed E-state index contributed by atoms with van der Waals surface area (Å²) < 4.78 is 39.1. The van der Waals surface area contributed by atoms with E-state index in [0.29, 0.717) is 0 Å². The summed E-state index contributed by atoms with van der Waals surface area (Å²) in [5.74, 6) is -0.193. The van der Waals surface area contributed by atoms with Crippen molar-refractivity contribution in [3.8, 4) is 0 Å². The SMILES string of the molecule is Nc1cc(Br)cc(C(F)(F)F)c1NC1CNC(=O)C1. The van der Waals surface area contributed by atoms with Crippen LogP contribution in [0.1, 0.15) is 12.0 Å². The highest BCUT2D eigenvalue weighted by Gasteiger charge is 2.36. The van der Waals surface area contributed by atoms with Gasteiger partial charge < -0.3 is 16.4 Å². The molecule has 4 N–H and O–H groups in total. The van der Waals surface area contributed by atoms with Crippen molar-refractivity contribution in [3.05, 3.63) is 22.2 Å². The van der Waals surface area contributed by atoms with Crippen LogP contribution in [0.15, 0.2) is 16.6 Å². The third-order valence-electron chi connectivity index (χ3n) is 2.76. The third-order valence-corrected chi connectivity index (χ3v) is 3.22. The van der Waals surface area contributed by atoms with Crippen molar-refractivity contribution in [2.45, 2.75) is 18.6 Å². The van der Waals surface area contributed by atoms with Crippen molar-refractivity contribution in [1.29, 1.82) is 0 Å². The molecule has 1 heterocycles. The highest BCUT2D eigenvalue weighted by molar-refractivity contribution is 9.10. The van der Waals surface area contributed by atoms with Crippen molar-refractivity contribution in [1.82, 2.24) is 5.32 Å². The first-order valence-electron chi connectivity index (χ1n) is 5.47. The van der Waals surface area contributed by atoms with E-state index in [1.807, 2.05) is 0 Å². The van der Waals surface area contributed by atoms with Crippen molar-refractivity contribution >= 4 is 33.2 Å². The van der Waals surface area contributed by atoms with Gasteiger partial charge in [0.05, 0.1) is 23.0 Å². The zero-order valence-electron chi connectivity index (χ0n) is 9.64. The van der Waals surface area contributed by atoms with Gasteiger partial charge in [-0.2, -0.15) is 13.2 Å². The standard InChI is InChI=1S/C11H11BrF3N3O/c12-5-1-7(11(13,14)15)10(8(16)2-5)18-6-3-9(19)17-4-6/h1-2,6,18H,3-4,16H2,(H,17,19). The van der Waals surface area contributed by atoms with E-state index in [-0.39, 0.29) is 34.7 Å². The molecule has 0 radical (unpaired) electrons. The molecule has 0 bridgehead atoms. The Morgan fingerprint density at radius 3 is 2.63 bits per heavy atom. The molecule has 1 atom stereocenters. The number of benzene rings is 1. The minimum absolute atomic E-state index is 0.0129. The van der Waals surface area contributed by atoms with E-state index in [2.05, 4.69) is 26.6 Å². The number of rotatable bonds is 2. The number of hydrogen-bond donors (Lipinski definition) is 3. The molecule has 1 saturated heterocycles. The molecule has 1 amide bonds. The summed E-state index contributed by atoms with van der Waals surface area (Å²) in [6.45, 7) is 0.283. The Labute approximate surface area is 115 Å². The second-order valence-corrected chi connectivity index (χ2v) is 5.18. The maximum absolute atomic E-state index is 13.0. The molecule has 4 nitrogen and oxygen atoms in total. The normalized spacial score (nSPS) is 19.4. The predicted molar refractivity (Wildman–Crippen MR) is 68.6 cm³/mol. The maximum Gasteiger partial charge on any atom is 0.418 e. The van der Waals surface area contributed by atoms with Crippen LogP contribution in [0.25, 0.3) is 0 Å². The van der Waals surface area contributed by atoms with Crippen LogP contribution in [0.3, 0.4) is 0 Å². The fourth-order valence-corrected chi connectivity index (χ4v) is 2.40. The first-order valence-corrected chi connectivity index (χ1v) is 6.26. The zero-order valence-corrected chi connectivity index (χ0v) is 11.2. The summed E-state index contributed by atoms with van der Waals surface area (Å²) in [5, 5.41) is 5.24. The van der Waals surface area contributed by atoms with Gasteiger partial charge in [-0.1, -0.05) is 15.9 Å². The molecule has 1 aliphatic heterocycles.